The minimum Gasteiger partial charge on any atom is -0.478 e. The van der Waals surface area contributed by atoms with Crippen LogP contribution < -0.4 is 4.72 Å². The van der Waals surface area contributed by atoms with E-state index in [-0.39, 0.29) is 29.0 Å². The summed E-state index contributed by atoms with van der Waals surface area (Å²) in [6.45, 7) is 3.93. The van der Waals surface area contributed by atoms with Crippen molar-refractivity contribution in [2.45, 2.75) is 30.7 Å². The van der Waals surface area contributed by atoms with Gasteiger partial charge in [-0.3, -0.25) is 0 Å². The Bertz CT molecular complexity index is 893. The zero-order valence-electron chi connectivity index (χ0n) is 16.0. The summed E-state index contributed by atoms with van der Waals surface area (Å²) in [5.41, 5.74) is 1.54. The van der Waals surface area contributed by atoms with Crippen molar-refractivity contribution in [1.82, 2.24) is 9.62 Å². The van der Waals surface area contributed by atoms with Gasteiger partial charge in [0, 0.05) is 12.6 Å². The van der Waals surface area contributed by atoms with Gasteiger partial charge in [0.1, 0.15) is 0 Å². The number of likely N-dealkylation sites (N-methyl/N-ethyl adjacent to an activating group) is 1. The molecule has 0 amide bonds. The summed E-state index contributed by atoms with van der Waals surface area (Å²) >= 11 is 0. The number of nitrogens with one attached hydrogen (secondary N) is 1. The van der Waals surface area contributed by atoms with Crippen LogP contribution in [0.15, 0.2) is 53.4 Å². The van der Waals surface area contributed by atoms with Crippen LogP contribution in [0.2, 0.25) is 0 Å². The van der Waals surface area contributed by atoms with Crippen LogP contribution in [0.3, 0.4) is 0 Å². The molecule has 0 aliphatic heterocycles. The molecule has 2 aromatic rings. The van der Waals surface area contributed by atoms with Crippen LogP contribution in [0.4, 0.5) is 0 Å². The van der Waals surface area contributed by atoms with Crippen molar-refractivity contribution < 1.29 is 18.3 Å². The van der Waals surface area contributed by atoms with Gasteiger partial charge < -0.3 is 10.0 Å². The summed E-state index contributed by atoms with van der Waals surface area (Å²) < 4.78 is 28.6. The average molecular weight is 391 g/mol. The maximum Gasteiger partial charge on any atom is 0.335 e. The minimum absolute atomic E-state index is 0.0166. The van der Waals surface area contributed by atoms with Crippen molar-refractivity contribution in [3.63, 3.8) is 0 Å². The number of carbonyl (C=O) groups is 1. The third-order valence-electron chi connectivity index (χ3n) is 4.45. The second kappa shape index (κ2) is 8.65. The number of aromatic carboxylic acids is 1. The highest BCUT2D eigenvalue weighted by molar-refractivity contribution is 7.89. The van der Waals surface area contributed by atoms with Gasteiger partial charge in [0.05, 0.1) is 10.5 Å². The summed E-state index contributed by atoms with van der Waals surface area (Å²) in [6.07, 6.45) is 0. The number of nitrogens with zero attached hydrogens (tertiary/aromatic N) is 1. The molecule has 1 unspecified atom stereocenters. The van der Waals surface area contributed by atoms with Crippen molar-refractivity contribution in [3.8, 4) is 0 Å². The molecule has 0 saturated heterocycles. The number of hydrogen-bond acceptors (Lipinski definition) is 4. The Morgan fingerprint density at radius 1 is 1.11 bits per heavy atom. The van der Waals surface area contributed by atoms with Crippen LogP contribution in [-0.2, 0) is 10.0 Å². The van der Waals surface area contributed by atoms with Crippen LogP contribution >= 0.6 is 0 Å². The van der Waals surface area contributed by atoms with E-state index in [1.54, 1.807) is 6.07 Å². The van der Waals surface area contributed by atoms with E-state index in [2.05, 4.69) is 4.72 Å². The van der Waals surface area contributed by atoms with Gasteiger partial charge in [0.25, 0.3) is 0 Å². The van der Waals surface area contributed by atoms with Gasteiger partial charge in [-0.05, 0) is 43.3 Å². The summed E-state index contributed by atoms with van der Waals surface area (Å²) in [7, 11) is -0.0976. The van der Waals surface area contributed by atoms with E-state index in [0.29, 0.717) is 5.56 Å². The maximum absolute atomic E-state index is 13.0. The topological polar surface area (TPSA) is 86.7 Å². The molecule has 0 aromatic heterocycles. The molecule has 1 atom stereocenters. The monoisotopic (exact) mass is 390 g/mol. The molecule has 7 heteroatoms. The molecule has 0 heterocycles. The van der Waals surface area contributed by atoms with Crippen LogP contribution in [0.5, 0.6) is 0 Å². The fourth-order valence-electron chi connectivity index (χ4n) is 2.92. The molecule has 2 N–H and O–H groups in total. The first kappa shape index (κ1) is 21.1. The molecule has 0 spiro atoms. The lowest BCUT2D eigenvalue weighted by molar-refractivity contribution is 0.0696. The van der Waals surface area contributed by atoms with Gasteiger partial charge in [-0.15, -0.1) is 0 Å². The Morgan fingerprint density at radius 3 is 2.26 bits per heavy atom. The molecular weight excluding hydrogens is 364 g/mol. The van der Waals surface area contributed by atoms with Gasteiger partial charge >= 0.3 is 5.97 Å². The summed E-state index contributed by atoms with van der Waals surface area (Å²) in [5.74, 6) is -1.21. The zero-order valence-corrected chi connectivity index (χ0v) is 16.8. The summed E-state index contributed by atoms with van der Waals surface area (Å²) in [6, 6.07) is 13.7. The Kier molecular flexibility index (Phi) is 6.75. The van der Waals surface area contributed by atoms with E-state index < -0.39 is 16.0 Å². The third-order valence-corrected chi connectivity index (χ3v) is 5.93. The molecule has 27 heavy (non-hydrogen) atoms. The second-order valence-corrected chi connectivity index (χ2v) is 8.69. The fourth-order valence-corrected chi connectivity index (χ4v) is 4.35. The smallest absolute Gasteiger partial charge is 0.335 e. The second-order valence-electron chi connectivity index (χ2n) is 6.95. The van der Waals surface area contributed by atoms with Crippen molar-refractivity contribution in [3.05, 3.63) is 65.2 Å². The van der Waals surface area contributed by atoms with E-state index in [0.717, 1.165) is 5.56 Å². The highest BCUT2D eigenvalue weighted by atomic mass is 32.2. The van der Waals surface area contributed by atoms with Gasteiger partial charge in [-0.2, -0.15) is 0 Å². The highest BCUT2D eigenvalue weighted by Crippen LogP contribution is 2.26. The van der Waals surface area contributed by atoms with Gasteiger partial charge in [-0.25, -0.2) is 17.9 Å². The average Bonchev–Trinajstić information content (AvgIpc) is 2.61. The Balaban J connectivity index is 2.35. The Hall–Kier alpha value is -2.22. The Morgan fingerprint density at radius 2 is 1.74 bits per heavy atom. The highest BCUT2D eigenvalue weighted by Gasteiger charge is 2.24. The molecule has 2 aromatic carbocycles. The molecule has 0 saturated carbocycles. The van der Waals surface area contributed by atoms with Crippen molar-refractivity contribution in [1.29, 1.82) is 0 Å². The summed E-state index contributed by atoms with van der Waals surface area (Å²) in [4.78, 5) is 13.2. The largest absolute Gasteiger partial charge is 0.478 e. The minimum atomic E-state index is -3.87. The third kappa shape index (κ3) is 5.15. The number of hydrogen-bond donors (Lipinski definition) is 2. The Labute approximate surface area is 160 Å². The molecule has 0 fully saturated rings. The van der Waals surface area contributed by atoms with E-state index >= 15 is 0 Å². The molecule has 0 aliphatic rings. The lowest BCUT2D eigenvalue weighted by atomic mass is 10.0. The van der Waals surface area contributed by atoms with Crippen molar-refractivity contribution in [2.24, 2.45) is 0 Å². The van der Waals surface area contributed by atoms with E-state index in [9.17, 15) is 18.3 Å². The van der Waals surface area contributed by atoms with E-state index in [1.807, 2.05) is 63.2 Å². The standard InChI is InChI=1S/C20H26N2O4S/c1-14(2)17-11-10-16(20(23)24)12-19(17)27(25,26)21-13-18(22(3)4)15-8-6-5-7-9-15/h5-12,14,18,21H,13H2,1-4H3,(H,23,24). The van der Waals surface area contributed by atoms with Crippen LogP contribution in [-0.4, -0.2) is 45.0 Å². The van der Waals surface area contributed by atoms with E-state index in [4.69, 9.17) is 0 Å². The summed E-state index contributed by atoms with van der Waals surface area (Å²) in [5, 5.41) is 9.22. The number of rotatable bonds is 8. The lowest BCUT2D eigenvalue weighted by Gasteiger charge is -2.25. The lowest BCUT2D eigenvalue weighted by Crippen LogP contribution is -2.35. The van der Waals surface area contributed by atoms with Crippen molar-refractivity contribution >= 4 is 16.0 Å². The number of carboxylic acid groups (broad SMARTS) is 1. The number of sulfonamides is 1. The fraction of sp³-hybridized carbons (Fsp3) is 0.350. The van der Waals surface area contributed by atoms with E-state index in [1.165, 1.54) is 12.1 Å². The maximum atomic E-state index is 13.0. The molecule has 0 aliphatic carbocycles. The molecule has 0 bridgehead atoms. The predicted molar refractivity (Wildman–Crippen MR) is 106 cm³/mol. The SMILES string of the molecule is CC(C)c1ccc(C(=O)O)cc1S(=O)(=O)NCC(c1ccccc1)N(C)C. The first-order valence-corrected chi connectivity index (χ1v) is 10.2. The first-order valence-electron chi connectivity index (χ1n) is 8.71. The number of benzene rings is 2. The number of carboxylic acids is 1. The van der Waals surface area contributed by atoms with Crippen molar-refractivity contribution in [2.75, 3.05) is 20.6 Å². The van der Waals surface area contributed by atoms with Crippen LogP contribution in [0.25, 0.3) is 0 Å². The quantitative estimate of drug-likeness (QED) is 0.723. The van der Waals surface area contributed by atoms with Crippen LogP contribution in [0, 0.1) is 0 Å². The van der Waals surface area contributed by atoms with Crippen LogP contribution in [0.1, 0.15) is 47.3 Å². The molecular formula is C20H26N2O4S. The normalized spacial score (nSPS) is 13.1. The van der Waals surface area contributed by atoms with Gasteiger partial charge in [0.15, 0.2) is 0 Å². The van der Waals surface area contributed by atoms with Gasteiger partial charge in [0.2, 0.25) is 10.0 Å². The predicted octanol–water partition coefficient (Wildman–Crippen LogP) is 3.09. The zero-order chi connectivity index (χ0) is 20.2. The molecule has 6 nitrogen and oxygen atoms in total. The molecule has 0 radical (unpaired) electrons. The molecule has 146 valence electrons. The first-order chi connectivity index (χ1) is 12.6. The van der Waals surface area contributed by atoms with Gasteiger partial charge in [-0.1, -0.05) is 50.2 Å². The molecule has 2 rings (SSSR count).